The highest BCUT2D eigenvalue weighted by Crippen LogP contribution is 2.40. The van der Waals surface area contributed by atoms with Gasteiger partial charge in [0.15, 0.2) is 5.82 Å². The lowest BCUT2D eigenvalue weighted by molar-refractivity contribution is 0.338. The molecule has 0 unspecified atom stereocenters. The molecule has 0 atom stereocenters. The second-order valence-electron chi connectivity index (χ2n) is 4.51. The van der Waals surface area contributed by atoms with Gasteiger partial charge in [-0.2, -0.15) is 9.97 Å². The average molecular weight is 409 g/mol. The molecule has 0 N–H and O–H groups in total. The molecule has 0 saturated carbocycles. The maximum atomic E-state index is 6.05. The molecule has 11 heteroatoms. The van der Waals surface area contributed by atoms with Crippen LogP contribution in [0, 0.1) is 0 Å². The van der Waals surface area contributed by atoms with Crippen LogP contribution < -0.4 is 9.47 Å². The molecule has 2 aromatic heterocycles. The first-order valence-electron chi connectivity index (χ1n) is 6.43. The van der Waals surface area contributed by atoms with Crippen LogP contribution in [0.2, 0.25) is 5.02 Å². The van der Waals surface area contributed by atoms with Crippen molar-refractivity contribution in [2.24, 2.45) is 0 Å². The van der Waals surface area contributed by atoms with Gasteiger partial charge in [-0.05, 0) is 18.2 Å². The molecule has 0 bridgehead atoms. The molecule has 0 amide bonds. The molecule has 0 fully saturated rings. The van der Waals surface area contributed by atoms with E-state index in [0.29, 0.717) is 16.1 Å². The lowest BCUT2D eigenvalue weighted by Crippen LogP contribution is -2.14. The Kier molecular flexibility index (Phi) is 4.61. The van der Waals surface area contributed by atoms with Gasteiger partial charge in [0.25, 0.3) is 0 Å². The normalized spacial score (nSPS) is 11.8. The van der Waals surface area contributed by atoms with Crippen LogP contribution in [-0.2, 0) is 3.79 Å². The van der Waals surface area contributed by atoms with Gasteiger partial charge < -0.3 is 9.47 Å². The second-order valence-corrected chi connectivity index (χ2v) is 7.23. The van der Waals surface area contributed by atoms with Crippen molar-refractivity contribution in [2.45, 2.75) is 3.79 Å². The second kappa shape index (κ2) is 6.40. The van der Waals surface area contributed by atoms with Crippen LogP contribution in [-0.4, -0.2) is 38.7 Å². The highest BCUT2D eigenvalue weighted by molar-refractivity contribution is 6.66. The van der Waals surface area contributed by atoms with E-state index in [1.807, 2.05) is 0 Å². The van der Waals surface area contributed by atoms with Crippen molar-refractivity contribution in [1.82, 2.24) is 24.5 Å². The maximum absolute atomic E-state index is 6.05. The fraction of sp³-hybridized carbons (Fsp3) is 0.231. The van der Waals surface area contributed by atoms with Crippen molar-refractivity contribution in [2.75, 3.05) is 14.2 Å². The Morgan fingerprint density at radius 3 is 2.12 bits per heavy atom. The van der Waals surface area contributed by atoms with Crippen LogP contribution in [0.5, 0.6) is 12.0 Å². The van der Waals surface area contributed by atoms with Gasteiger partial charge in [-0.1, -0.05) is 46.4 Å². The molecule has 0 saturated heterocycles. The molecule has 0 aliphatic carbocycles. The van der Waals surface area contributed by atoms with Crippen molar-refractivity contribution in [3.05, 3.63) is 29.0 Å². The van der Waals surface area contributed by atoms with Gasteiger partial charge in [-0.3, -0.25) is 4.57 Å². The minimum Gasteiger partial charge on any atom is -0.467 e. The number of hydrogen-bond donors (Lipinski definition) is 0. The van der Waals surface area contributed by atoms with Gasteiger partial charge in [-0.15, -0.1) is 4.98 Å². The molecular weight excluding hydrogens is 400 g/mol. The van der Waals surface area contributed by atoms with Gasteiger partial charge in [-0.25, -0.2) is 4.98 Å². The SMILES string of the molecule is COc1nc(OC)nc(-n2c(C(Cl)(Cl)Cl)nc3cc(Cl)ccc32)n1. The summed E-state index contributed by atoms with van der Waals surface area (Å²) in [5.41, 5.74) is 1.11. The summed E-state index contributed by atoms with van der Waals surface area (Å²) in [5, 5.41) is 0.494. The topological polar surface area (TPSA) is 75.0 Å². The lowest BCUT2D eigenvalue weighted by Gasteiger charge is -2.13. The minimum atomic E-state index is -1.82. The Hall–Kier alpha value is -1.54. The largest absolute Gasteiger partial charge is 0.467 e. The predicted octanol–water partition coefficient (Wildman–Crippen LogP) is 3.71. The summed E-state index contributed by atoms with van der Waals surface area (Å²) >= 11 is 24.2. The molecule has 0 spiro atoms. The molecule has 3 aromatic rings. The number of hydrogen-bond acceptors (Lipinski definition) is 6. The predicted molar refractivity (Wildman–Crippen MR) is 91.8 cm³/mol. The molecule has 7 nitrogen and oxygen atoms in total. The molecule has 1 aromatic carbocycles. The lowest BCUT2D eigenvalue weighted by atomic mass is 10.3. The first-order valence-corrected chi connectivity index (χ1v) is 7.94. The molecule has 3 rings (SSSR count). The third kappa shape index (κ3) is 3.17. The van der Waals surface area contributed by atoms with Crippen LogP contribution in [0.4, 0.5) is 0 Å². The molecule has 126 valence electrons. The molecule has 0 aliphatic heterocycles. The number of fused-ring (bicyclic) bond motifs is 1. The zero-order valence-electron chi connectivity index (χ0n) is 12.3. The fourth-order valence-corrected chi connectivity index (χ4v) is 2.60. The monoisotopic (exact) mass is 407 g/mol. The van der Waals surface area contributed by atoms with Gasteiger partial charge in [0, 0.05) is 5.02 Å². The van der Waals surface area contributed by atoms with Gasteiger partial charge >= 0.3 is 12.0 Å². The standard InChI is InChI=1S/C13H9Cl4N5O2/c1-23-11-19-10(20-12(21-11)24-2)22-8-4-3-6(14)5-7(8)18-9(22)13(15,16)17/h3-5H,1-2H3. The highest BCUT2D eigenvalue weighted by atomic mass is 35.6. The third-order valence-corrected chi connectivity index (χ3v) is 3.76. The van der Waals surface area contributed by atoms with E-state index in [1.165, 1.54) is 18.8 Å². The molecule has 0 radical (unpaired) electrons. The number of halogens is 4. The Labute approximate surface area is 156 Å². The number of nitrogens with zero attached hydrogens (tertiary/aromatic N) is 5. The summed E-state index contributed by atoms with van der Waals surface area (Å²) in [7, 11) is 2.83. The Morgan fingerprint density at radius 2 is 1.58 bits per heavy atom. The van der Waals surface area contributed by atoms with Crippen molar-refractivity contribution in [1.29, 1.82) is 0 Å². The van der Waals surface area contributed by atoms with E-state index < -0.39 is 3.79 Å². The first-order chi connectivity index (χ1) is 11.3. The fourth-order valence-electron chi connectivity index (χ4n) is 2.06. The molecular formula is C13H9Cl4N5O2. The van der Waals surface area contributed by atoms with E-state index >= 15 is 0 Å². The van der Waals surface area contributed by atoms with Crippen LogP contribution in [0.15, 0.2) is 18.2 Å². The summed E-state index contributed by atoms with van der Waals surface area (Å²) in [4.78, 5) is 16.6. The van der Waals surface area contributed by atoms with Gasteiger partial charge in [0.2, 0.25) is 9.74 Å². The number of benzene rings is 1. The molecule has 2 heterocycles. The van der Waals surface area contributed by atoms with Crippen LogP contribution in [0.25, 0.3) is 17.0 Å². The number of rotatable bonds is 3. The van der Waals surface area contributed by atoms with Crippen LogP contribution in [0.3, 0.4) is 0 Å². The number of methoxy groups -OCH3 is 2. The van der Waals surface area contributed by atoms with E-state index in [4.69, 9.17) is 55.9 Å². The summed E-state index contributed by atoms with van der Waals surface area (Å²) < 4.78 is 9.77. The highest BCUT2D eigenvalue weighted by Gasteiger charge is 2.32. The Morgan fingerprint density at radius 1 is 0.958 bits per heavy atom. The first kappa shape index (κ1) is 17.3. The Balaban J connectivity index is 2.36. The smallest absolute Gasteiger partial charge is 0.324 e. The zero-order valence-corrected chi connectivity index (χ0v) is 15.3. The van der Waals surface area contributed by atoms with E-state index in [1.54, 1.807) is 18.2 Å². The zero-order chi connectivity index (χ0) is 17.5. The summed E-state index contributed by atoms with van der Waals surface area (Å²) in [5.74, 6) is 0.227. The number of alkyl halides is 3. The van der Waals surface area contributed by atoms with Gasteiger partial charge in [0.1, 0.15) is 0 Å². The third-order valence-electron chi connectivity index (χ3n) is 3.02. The van der Waals surface area contributed by atoms with Crippen molar-refractivity contribution >= 4 is 57.4 Å². The minimum absolute atomic E-state index is 0.0444. The summed E-state index contributed by atoms with van der Waals surface area (Å²) in [6, 6.07) is 5.13. The van der Waals surface area contributed by atoms with E-state index in [-0.39, 0.29) is 23.8 Å². The molecule has 0 aliphatic rings. The molecule has 24 heavy (non-hydrogen) atoms. The number of imidazole rings is 1. The summed E-state index contributed by atoms with van der Waals surface area (Å²) in [6.45, 7) is 0. The van der Waals surface area contributed by atoms with Gasteiger partial charge in [0.05, 0.1) is 25.3 Å². The van der Waals surface area contributed by atoms with Crippen molar-refractivity contribution in [3.63, 3.8) is 0 Å². The van der Waals surface area contributed by atoms with E-state index in [0.717, 1.165) is 0 Å². The number of aromatic nitrogens is 5. The quantitative estimate of drug-likeness (QED) is 0.615. The van der Waals surface area contributed by atoms with Crippen LogP contribution in [0.1, 0.15) is 5.82 Å². The maximum Gasteiger partial charge on any atom is 0.324 e. The summed E-state index contributed by atoms with van der Waals surface area (Å²) in [6.07, 6.45) is 0. The van der Waals surface area contributed by atoms with Crippen molar-refractivity contribution in [3.8, 4) is 18.0 Å². The Bertz CT molecular complexity index is 887. The van der Waals surface area contributed by atoms with Crippen LogP contribution >= 0.6 is 46.4 Å². The van der Waals surface area contributed by atoms with E-state index in [9.17, 15) is 0 Å². The number of ether oxygens (including phenoxy) is 2. The van der Waals surface area contributed by atoms with Crippen molar-refractivity contribution < 1.29 is 9.47 Å². The average Bonchev–Trinajstić information content (AvgIpc) is 2.93. The van der Waals surface area contributed by atoms with E-state index in [2.05, 4.69) is 19.9 Å².